The molecule has 0 spiro atoms. The molecule has 1 heterocycles. The quantitative estimate of drug-likeness (QED) is 0.218. The molecule has 184 valence electrons. The normalized spacial score (nSPS) is 18.8. The molecule has 1 aliphatic rings. The topological polar surface area (TPSA) is 168 Å². The lowest BCUT2D eigenvalue weighted by Gasteiger charge is -2.30. The van der Waals surface area contributed by atoms with E-state index >= 15 is 0 Å². The molecular weight excluding hydrogens is 434 g/mol. The molecule has 0 radical (unpaired) electrons. The number of carboxylic acid groups (broad SMARTS) is 1. The molecule has 11 heteroatoms. The Kier molecular flexibility index (Phi) is 12.6. The molecule has 0 bridgehead atoms. The Balaban J connectivity index is 2.87. The largest absolute Gasteiger partial charge is 0.480 e. The van der Waals surface area contributed by atoms with E-state index in [1.807, 2.05) is 6.26 Å². The second kappa shape index (κ2) is 14.3. The molecule has 3 amide bonds. The highest BCUT2D eigenvalue weighted by Gasteiger charge is 2.39. The third kappa shape index (κ3) is 8.59. The molecule has 0 aliphatic carbocycles. The van der Waals surface area contributed by atoms with Crippen LogP contribution in [0.25, 0.3) is 0 Å². The average Bonchev–Trinajstić information content (AvgIpc) is 3.24. The number of hydrogen-bond donors (Lipinski definition) is 5. The monoisotopic (exact) mass is 473 g/mol. The van der Waals surface area contributed by atoms with Crippen molar-refractivity contribution in [1.29, 1.82) is 0 Å². The number of carbonyl (C=O) groups excluding carboxylic acids is 3. The number of thioether (sulfide) groups is 1. The van der Waals surface area contributed by atoms with E-state index in [-0.39, 0.29) is 5.92 Å². The molecular formula is C21H39N5O5S. The van der Waals surface area contributed by atoms with Crippen molar-refractivity contribution in [3.05, 3.63) is 0 Å². The maximum Gasteiger partial charge on any atom is 0.326 e. The standard InChI is InChI=1S/C21H39N5O5S/c1-13(2)17(20(29)26-11-6-8-16(26)21(30)31)25-19(28)15(9-12-32-3)24-18(27)14(23)7-4-5-10-22/h13-17H,4-12,22-23H2,1-3H3,(H,24,27)(H,25,28)(H,30,31). The number of likely N-dealkylation sites (tertiary alicyclic amines) is 1. The summed E-state index contributed by atoms with van der Waals surface area (Å²) in [6, 6.07) is -3.33. The number of unbranched alkanes of at least 4 members (excludes halogenated alkanes) is 1. The van der Waals surface area contributed by atoms with Crippen LogP contribution in [0.5, 0.6) is 0 Å². The Labute approximate surface area is 194 Å². The van der Waals surface area contributed by atoms with Crippen molar-refractivity contribution >= 4 is 35.5 Å². The van der Waals surface area contributed by atoms with Crippen LogP contribution in [0.15, 0.2) is 0 Å². The van der Waals surface area contributed by atoms with Gasteiger partial charge in [0.2, 0.25) is 17.7 Å². The summed E-state index contributed by atoms with van der Waals surface area (Å²) < 4.78 is 0. The van der Waals surface area contributed by atoms with E-state index < -0.39 is 47.9 Å². The zero-order valence-electron chi connectivity index (χ0n) is 19.3. The lowest BCUT2D eigenvalue weighted by Crippen LogP contribution is -2.58. The minimum absolute atomic E-state index is 0.253. The molecule has 1 fully saturated rings. The number of amides is 3. The minimum Gasteiger partial charge on any atom is -0.480 e. The number of nitrogens with two attached hydrogens (primary N) is 2. The first kappa shape index (κ1) is 28.2. The highest BCUT2D eigenvalue weighted by Crippen LogP contribution is 2.20. The Morgan fingerprint density at radius 2 is 1.81 bits per heavy atom. The van der Waals surface area contributed by atoms with Crippen LogP contribution in [-0.2, 0) is 19.2 Å². The van der Waals surface area contributed by atoms with Crippen LogP contribution >= 0.6 is 11.8 Å². The molecule has 1 aliphatic heterocycles. The highest BCUT2D eigenvalue weighted by molar-refractivity contribution is 7.98. The van der Waals surface area contributed by atoms with Crippen molar-refractivity contribution in [2.24, 2.45) is 17.4 Å². The summed E-state index contributed by atoms with van der Waals surface area (Å²) in [6.07, 6.45) is 5.24. The molecule has 4 atom stereocenters. The molecule has 1 saturated heterocycles. The summed E-state index contributed by atoms with van der Waals surface area (Å²) >= 11 is 1.54. The van der Waals surface area contributed by atoms with Crippen molar-refractivity contribution < 1.29 is 24.3 Å². The summed E-state index contributed by atoms with van der Waals surface area (Å²) in [6.45, 7) is 4.45. The first-order chi connectivity index (χ1) is 15.1. The summed E-state index contributed by atoms with van der Waals surface area (Å²) in [5, 5.41) is 14.9. The first-order valence-electron chi connectivity index (χ1n) is 11.2. The summed E-state index contributed by atoms with van der Waals surface area (Å²) in [7, 11) is 0. The van der Waals surface area contributed by atoms with Gasteiger partial charge < -0.3 is 32.1 Å². The number of nitrogens with zero attached hydrogens (tertiary/aromatic N) is 1. The van der Waals surface area contributed by atoms with Gasteiger partial charge in [0.15, 0.2) is 0 Å². The molecule has 32 heavy (non-hydrogen) atoms. The van der Waals surface area contributed by atoms with Crippen LogP contribution in [0.3, 0.4) is 0 Å². The average molecular weight is 474 g/mol. The molecule has 0 saturated carbocycles. The SMILES string of the molecule is CSCCC(NC(=O)C(N)CCCCN)C(=O)NC(C(=O)N1CCCC1C(=O)O)C(C)C. The van der Waals surface area contributed by atoms with E-state index in [0.717, 1.165) is 12.8 Å². The van der Waals surface area contributed by atoms with Gasteiger partial charge in [-0.15, -0.1) is 0 Å². The van der Waals surface area contributed by atoms with Gasteiger partial charge in [0, 0.05) is 6.54 Å². The number of aliphatic carboxylic acids is 1. The molecule has 7 N–H and O–H groups in total. The third-order valence-electron chi connectivity index (χ3n) is 5.60. The molecule has 4 unspecified atom stereocenters. The lowest BCUT2D eigenvalue weighted by molar-refractivity contribution is -0.150. The highest BCUT2D eigenvalue weighted by atomic mass is 32.2. The van der Waals surface area contributed by atoms with Crippen molar-refractivity contribution in [2.45, 2.75) is 76.5 Å². The summed E-state index contributed by atoms with van der Waals surface area (Å²) in [5.41, 5.74) is 11.4. The van der Waals surface area contributed by atoms with E-state index in [2.05, 4.69) is 10.6 Å². The maximum absolute atomic E-state index is 13.1. The Morgan fingerprint density at radius 3 is 2.38 bits per heavy atom. The van der Waals surface area contributed by atoms with Crippen LogP contribution in [0.1, 0.15) is 52.4 Å². The predicted octanol–water partition coefficient (Wildman–Crippen LogP) is -0.103. The predicted molar refractivity (Wildman–Crippen MR) is 125 cm³/mol. The Hall–Kier alpha value is -1.85. The fourth-order valence-corrected chi connectivity index (χ4v) is 4.13. The van der Waals surface area contributed by atoms with Gasteiger partial charge in [0.25, 0.3) is 0 Å². The van der Waals surface area contributed by atoms with Gasteiger partial charge in [-0.25, -0.2) is 4.79 Å². The van der Waals surface area contributed by atoms with Crippen molar-refractivity contribution in [1.82, 2.24) is 15.5 Å². The van der Waals surface area contributed by atoms with Crippen LogP contribution in [0, 0.1) is 5.92 Å². The molecule has 0 aromatic rings. The molecule has 1 rings (SSSR count). The van der Waals surface area contributed by atoms with Crippen molar-refractivity contribution in [2.75, 3.05) is 25.1 Å². The van der Waals surface area contributed by atoms with Gasteiger partial charge in [-0.2, -0.15) is 11.8 Å². The van der Waals surface area contributed by atoms with Crippen LogP contribution in [-0.4, -0.2) is 83.0 Å². The van der Waals surface area contributed by atoms with Gasteiger partial charge in [-0.3, -0.25) is 14.4 Å². The summed E-state index contributed by atoms with van der Waals surface area (Å²) in [5.74, 6) is -1.96. The zero-order chi connectivity index (χ0) is 24.3. The van der Waals surface area contributed by atoms with Crippen LogP contribution in [0.2, 0.25) is 0 Å². The number of carbonyl (C=O) groups is 4. The number of hydrogen-bond acceptors (Lipinski definition) is 7. The second-order valence-electron chi connectivity index (χ2n) is 8.49. The van der Waals surface area contributed by atoms with E-state index in [0.29, 0.717) is 44.5 Å². The molecule has 0 aromatic carbocycles. The van der Waals surface area contributed by atoms with Gasteiger partial charge in [-0.05, 0) is 56.6 Å². The number of rotatable bonds is 14. The number of carboxylic acids is 1. The molecule has 10 nitrogen and oxygen atoms in total. The van der Waals surface area contributed by atoms with E-state index in [4.69, 9.17) is 11.5 Å². The second-order valence-corrected chi connectivity index (χ2v) is 9.48. The fourth-order valence-electron chi connectivity index (χ4n) is 3.66. The summed E-state index contributed by atoms with van der Waals surface area (Å²) in [4.78, 5) is 51.4. The van der Waals surface area contributed by atoms with Crippen LogP contribution < -0.4 is 22.1 Å². The maximum atomic E-state index is 13.1. The van der Waals surface area contributed by atoms with E-state index in [1.165, 1.54) is 16.7 Å². The van der Waals surface area contributed by atoms with Gasteiger partial charge in [0.05, 0.1) is 6.04 Å². The smallest absolute Gasteiger partial charge is 0.326 e. The van der Waals surface area contributed by atoms with E-state index in [1.54, 1.807) is 13.8 Å². The van der Waals surface area contributed by atoms with Gasteiger partial charge >= 0.3 is 5.97 Å². The lowest BCUT2D eigenvalue weighted by atomic mass is 10.0. The fraction of sp³-hybridized carbons (Fsp3) is 0.810. The zero-order valence-corrected chi connectivity index (χ0v) is 20.2. The molecule has 0 aromatic heterocycles. The Bertz CT molecular complexity index is 648. The van der Waals surface area contributed by atoms with Gasteiger partial charge in [-0.1, -0.05) is 20.3 Å². The minimum atomic E-state index is -1.04. The Morgan fingerprint density at radius 1 is 1.12 bits per heavy atom. The third-order valence-corrected chi connectivity index (χ3v) is 6.25. The first-order valence-corrected chi connectivity index (χ1v) is 12.6. The van der Waals surface area contributed by atoms with E-state index in [9.17, 15) is 24.3 Å². The van der Waals surface area contributed by atoms with Crippen molar-refractivity contribution in [3.8, 4) is 0 Å². The van der Waals surface area contributed by atoms with Crippen molar-refractivity contribution in [3.63, 3.8) is 0 Å². The van der Waals surface area contributed by atoms with Gasteiger partial charge in [0.1, 0.15) is 18.1 Å². The van der Waals surface area contributed by atoms with Crippen LogP contribution in [0.4, 0.5) is 0 Å². The number of nitrogens with one attached hydrogen (secondary N) is 2.